The number of hydrogen-bond acceptors (Lipinski definition) is 2. The first-order valence-electron chi connectivity index (χ1n) is 8.30. The number of halogens is 2. The molecule has 0 aromatic heterocycles. The van der Waals surface area contributed by atoms with Crippen LogP contribution < -0.4 is 4.74 Å². The molecule has 0 aliphatic carbocycles. The smallest absolute Gasteiger partial charge is 0.318 e. The van der Waals surface area contributed by atoms with Crippen molar-refractivity contribution in [3.05, 3.63) is 89.7 Å². The number of carbonyl (C=O) groups is 1. The van der Waals surface area contributed by atoms with Crippen LogP contribution in [-0.4, -0.2) is 5.97 Å². The Morgan fingerprint density at radius 3 is 2.42 bits per heavy atom. The van der Waals surface area contributed by atoms with Gasteiger partial charge in [-0.15, -0.1) is 0 Å². The number of alkyl halides is 1. The van der Waals surface area contributed by atoms with Crippen LogP contribution in [0.25, 0.3) is 11.1 Å². The zero-order chi connectivity index (χ0) is 18.5. The molecule has 132 valence electrons. The lowest BCUT2D eigenvalue weighted by Crippen LogP contribution is -2.17. The van der Waals surface area contributed by atoms with E-state index in [-0.39, 0.29) is 5.82 Å². The molecule has 0 spiro atoms. The molecule has 0 aliphatic heterocycles. The Bertz CT molecular complexity index is 909. The topological polar surface area (TPSA) is 26.3 Å². The minimum Gasteiger partial charge on any atom is -0.426 e. The van der Waals surface area contributed by atoms with Crippen molar-refractivity contribution in [3.63, 3.8) is 0 Å². The zero-order valence-corrected chi connectivity index (χ0v) is 15.9. The molecule has 1 atom stereocenters. The van der Waals surface area contributed by atoms with Crippen LogP contribution in [0.4, 0.5) is 4.39 Å². The van der Waals surface area contributed by atoms with E-state index in [0.717, 1.165) is 11.1 Å². The van der Waals surface area contributed by atoms with E-state index in [0.29, 0.717) is 22.2 Å². The summed E-state index contributed by atoms with van der Waals surface area (Å²) >= 11 is 3.38. The second-order valence-electron chi connectivity index (χ2n) is 5.99. The highest BCUT2D eigenvalue weighted by Crippen LogP contribution is 2.28. The van der Waals surface area contributed by atoms with Crippen LogP contribution in [0.5, 0.6) is 5.75 Å². The van der Waals surface area contributed by atoms with Gasteiger partial charge in [0, 0.05) is 16.5 Å². The van der Waals surface area contributed by atoms with Crippen LogP contribution >= 0.6 is 15.9 Å². The molecule has 0 fully saturated rings. The van der Waals surface area contributed by atoms with Crippen LogP contribution in [-0.2, 0) is 10.1 Å². The van der Waals surface area contributed by atoms with Crippen molar-refractivity contribution in [1.29, 1.82) is 0 Å². The number of para-hydroxylation sites is 1. The third kappa shape index (κ3) is 4.02. The van der Waals surface area contributed by atoms with E-state index in [9.17, 15) is 9.18 Å². The average Bonchev–Trinajstić information content (AvgIpc) is 2.68. The highest BCUT2D eigenvalue weighted by molar-refractivity contribution is 9.08. The SMILES string of the molecule is CC(C(=O)Oc1ccccc1CBr)c1ccc(-c2ccccc2)c(F)c1. The van der Waals surface area contributed by atoms with Gasteiger partial charge in [0.25, 0.3) is 0 Å². The van der Waals surface area contributed by atoms with Gasteiger partial charge in [0.1, 0.15) is 11.6 Å². The minimum atomic E-state index is -0.572. The van der Waals surface area contributed by atoms with Crippen molar-refractivity contribution in [1.82, 2.24) is 0 Å². The minimum absolute atomic E-state index is 0.353. The number of carbonyl (C=O) groups excluding carboxylic acids is 1. The third-order valence-corrected chi connectivity index (χ3v) is 4.86. The van der Waals surface area contributed by atoms with E-state index in [4.69, 9.17) is 4.74 Å². The predicted octanol–water partition coefficient (Wildman–Crippen LogP) is 6.10. The average molecular weight is 413 g/mol. The number of ether oxygens (including phenoxy) is 1. The van der Waals surface area contributed by atoms with Crippen molar-refractivity contribution in [2.24, 2.45) is 0 Å². The van der Waals surface area contributed by atoms with Crippen molar-refractivity contribution in [2.45, 2.75) is 18.2 Å². The summed E-state index contributed by atoms with van der Waals surface area (Å²) in [6, 6.07) is 21.5. The van der Waals surface area contributed by atoms with Gasteiger partial charge in [0.2, 0.25) is 0 Å². The monoisotopic (exact) mass is 412 g/mol. The van der Waals surface area contributed by atoms with Gasteiger partial charge in [-0.05, 0) is 30.2 Å². The summed E-state index contributed by atoms with van der Waals surface area (Å²) in [6.45, 7) is 1.72. The molecule has 0 saturated carbocycles. The van der Waals surface area contributed by atoms with Crippen LogP contribution in [0.3, 0.4) is 0 Å². The maximum atomic E-state index is 14.5. The first-order chi connectivity index (χ1) is 12.6. The Hall–Kier alpha value is -2.46. The van der Waals surface area contributed by atoms with Gasteiger partial charge in [-0.25, -0.2) is 4.39 Å². The van der Waals surface area contributed by atoms with E-state index in [1.165, 1.54) is 6.07 Å². The van der Waals surface area contributed by atoms with Crippen LogP contribution in [0, 0.1) is 5.82 Å². The van der Waals surface area contributed by atoms with Crippen LogP contribution in [0.15, 0.2) is 72.8 Å². The van der Waals surface area contributed by atoms with Gasteiger partial charge in [0.15, 0.2) is 0 Å². The Morgan fingerprint density at radius 1 is 1.04 bits per heavy atom. The number of hydrogen-bond donors (Lipinski definition) is 0. The highest BCUT2D eigenvalue weighted by atomic mass is 79.9. The van der Waals surface area contributed by atoms with E-state index in [2.05, 4.69) is 15.9 Å². The van der Waals surface area contributed by atoms with Crippen molar-refractivity contribution in [2.75, 3.05) is 0 Å². The van der Waals surface area contributed by atoms with E-state index < -0.39 is 11.9 Å². The van der Waals surface area contributed by atoms with Crippen molar-refractivity contribution in [3.8, 4) is 16.9 Å². The van der Waals surface area contributed by atoms with Crippen molar-refractivity contribution >= 4 is 21.9 Å². The number of esters is 1. The standard InChI is InChI=1S/C22H18BrFO2/c1-15(22(25)26-21-10-6-5-9-18(21)14-23)17-11-12-19(20(24)13-17)16-7-3-2-4-8-16/h2-13,15H,14H2,1H3. The normalized spacial score (nSPS) is 11.8. The predicted molar refractivity (Wildman–Crippen MR) is 105 cm³/mol. The molecule has 1 unspecified atom stereocenters. The molecule has 3 rings (SSSR count). The summed E-state index contributed by atoms with van der Waals surface area (Å²) < 4.78 is 20.1. The van der Waals surface area contributed by atoms with E-state index in [1.807, 2.05) is 48.5 Å². The molecule has 0 amide bonds. The summed E-state index contributed by atoms with van der Waals surface area (Å²) in [6.07, 6.45) is 0. The Labute approximate surface area is 160 Å². The van der Waals surface area contributed by atoms with Gasteiger partial charge in [-0.1, -0.05) is 76.6 Å². The molecule has 0 heterocycles. The first kappa shape index (κ1) is 18.3. The molecule has 0 aliphatic rings. The third-order valence-electron chi connectivity index (χ3n) is 4.26. The van der Waals surface area contributed by atoms with Gasteiger partial charge in [-0.3, -0.25) is 4.79 Å². The zero-order valence-electron chi connectivity index (χ0n) is 14.3. The molecular formula is C22H18BrFO2. The first-order valence-corrected chi connectivity index (χ1v) is 9.42. The number of benzene rings is 3. The molecule has 4 heteroatoms. The van der Waals surface area contributed by atoms with E-state index >= 15 is 0 Å². The molecule has 2 nitrogen and oxygen atoms in total. The molecular weight excluding hydrogens is 395 g/mol. The lowest BCUT2D eigenvalue weighted by Gasteiger charge is -2.14. The molecule has 3 aromatic rings. The Morgan fingerprint density at radius 2 is 1.73 bits per heavy atom. The summed E-state index contributed by atoms with van der Waals surface area (Å²) in [4.78, 5) is 12.5. The molecule has 0 bridgehead atoms. The fourth-order valence-electron chi connectivity index (χ4n) is 2.70. The second kappa shape index (κ2) is 8.28. The molecule has 0 saturated heterocycles. The molecule has 26 heavy (non-hydrogen) atoms. The molecule has 3 aromatic carbocycles. The lowest BCUT2D eigenvalue weighted by molar-refractivity contribution is -0.135. The number of rotatable bonds is 5. The fraction of sp³-hybridized carbons (Fsp3) is 0.136. The molecule has 0 N–H and O–H groups in total. The maximum Gasteiger partial charge on any atom is 0.318 e. The highest BCUT2D eigenvalue weighted by Gasteiger charge is 2.20. The summed E-state index contributed by atoms with van der Waals surface area (Å²) in [7, 11) is 0. The van der Waals surface area contributed by atoms with E-state index in [1.54, 1.807) is 25.1 Å². The quantitative estimate of drug-likeness (QED) is 0.287. The van der Waals surface area contributed by atoms with Gasteiger partial charge < -0.3 is 4.74 Å². The Kier molecular flexibility index (Phi) is 5.84. The summed E-state index contributed by atoms with van der Waals surface area (Å²) in [5.74, 6) is -0.820. The second-order valence-corrected chi connectivity index (χ2v) is 6.55. The van der Waals surface area contributed by atoms with Gasteiger partial charge >= 0.3 is 5.97 Å². The van der Waals surface area contributed by atoms with Gasteiger partial charge in [-0.2, -0.15) is 0 Å². The Balaban J connectivity index is 1.80. The van der Waals surface area contributed by atoms with Crippen LogP contribution in [0.2, 0.25) is 0 Å². The summed E-state index contributed by atoms with van der Waals surface area (Å²) in [5.41, 5.74) is 2.79. The fourth-order valence-corrected chi connectivity index (χ4v) is 3.16. The largest absolute Gasteiger partial charge is 0.426 e. The van der Waals surface area contributed by atoms with Crippen molar-refractivity contribution < 1.29 is 13.9 Å². The van der Waals surface area contributed by atoms with Crippen LogP contribution in [0.1, 0.15) is 24.0 Å². The van der Waals surface area contributed by atoms with Gasteiger partial charge in [0.05, 0.1) is 5.92 Å². The molecule has 0 radical (unpaired) electrons. The summed E-state index contributed by atoms with van der Waals surface area (Å²) in [5, 5.41) is 0.589. The lowest BCUT2D eigenvalue weighted by atomic mass is 9.97. The maximum absolute atomic E-state index is 14.5.